The van der Waals surface area contributed by atoms with Crippen LogP contribution in [0, 0.1) is 5.92 Å². The average Bonchev–Trinajstić information content (AvgIpc) is 2.54. The van der Waals surface area contributed by atoms with E-state index in [9.17, 15) is 13.2 Å². The van der Waals surface area contributed by atoms with Crippen LogP contribution in [-0.2, 0) is 12.6 Å². The smallest absolute Gasteiger partial charge is 0.402 e. The van der Waals surface area contributed by atoms with Gasteiger partial charge in [-0.15, -0.1) is 0 Å². The van der Waals surface area contributed by atoms with Crippen LogP contribution in [0.4, 0.5) is 13.2 Å². The summed E-state index contributed by atoms with van der Waals surface area (Å²) < 4.78 is 39.2. The lowest BCUT2D eigenvalue weighted by atomic mass is 9.87. The zero-order valence-electron chi connectivity index (χ0n) is 14.9. The monoisotopic (exact) mass is 348 g/mol. The number of pyridine rings is 1. The third kappa shape index (κ3) is 4.03. The van der Waals surface area contributed by atoms with E-state index in [1.54, 1.807) is 25.4 Å². The van der Waals surface area contributed by atoms with Gasteiger partial charge < -0.3 is 5.73 Å². The highest BCUT2D eigenvalue weighted by Gasteiger charge is 2.31. The molecular weight excluding hydrogens is 325 g/mol. The van der Waals surface area contributed by atoms with Gasteiger partial charge in [-0.05, 0) is 59.4 Å². The van der Waals surface area contributed by atoms with Crippen molar-refractivity contribution >= 4 is 11.3 Å². The number of halogens is 3. The van der Waals surface area contributed by atoms with Gasteiger partial charge >= 0.3 is 6.18 Å². The Morgan fingerprint density at radius 2 is 1.84 bits per heavy atom. The fourth-order valence-electron chi connectivity index (χ4n) is 3.04. The number of nitrogens with two attached hydrogens (primary N) is 1. The van der Waals surface area contributed by atoms with Gasteiger partial charge in [0.05, 0.1) is 5.56 Å². The van der Waals surface area contributed by atoms with Crippen LogP contribution in [-0.4, -0.2) is 4.98 Å². The highest BCUT2D eigenvalue weighted by Crippen LogP contribution is 2.33. The summed E-state index contributed by atoms with van der Waals surface area (Å²) in [5.41, 5.74) is 8.50. The molecule has 0 spiro atoms. The van der Waals surface area contributed by atoms with Crippen molar-refractivity contribution < 1.29 is 13.2 Å². The molecule has 0 radical (unpaired) electrons. The number of aromatic nitrogens is 1. The van der Waals surface area contributed by atoms with Crippen LogP contribution in [0.3, 0.4) is 0 Å². The maximum absolute atomic E-state index is 13.1. The second kappa shape index (κ2) is 7.30. The first-order valence-corrected chi connectivity index (χ1v) is 8.27. The Morgan fingerprint density at radius 1 is 1.16 bits per heavy atom. The van der Waals surface area contributed by atoms with Crippen molar-refractivity contribution in [3.05, 3.63) is 63.8 Å². The number of alkyl halides is 3. The minimum atomic E-state index is -4.34. The van der Waals surface area contributed by atoms with E-state index in [4.69, 9.17) is 5.73 Å². The van der Waals surface area contributed by atoms with E-state index < -0.39 is 11.7 Å². The molecule has 0 fully saturated rings. The number of hydrogen-bond donors (Lipinski definition) is 1. The minimum Gasteiger partial charge on any atom is -0.402 e. The maximum atomic E-state index is 13.1. The maximum Gasteiger partial charge on any atom is 0.416 e. The van der Waals surface area contributed by atoms with Crippen molar-refractivity contribution in [1.82, 2.24) is 4.98 Å². The molecule has 2 rings (SSSR count). The first kappa shape index (κ1) is 19.0. The molecule has 25 heavy (non-hydrogen) atoms. The van der Waals surface area contributed by atoms with Gasteiger partial charge in [-0.3, -0.25) is 4.98 Å². The standard InChI is InChI=1S/C20H23F3N2/c1-5-14-10-15(20(21,22)23)6-7-16(14)19(12(2)3)17-8-9-25-11-18(17)13(4)24/h6-12H,5,24H2,1-4H3/b18-13+,19-17+. The van der Waals surface area contributed by atoms with Crippen molar-refractivity contribution in [2.24, 2.45) is 11.7 Å². The summed E-state index contributed by atoms with van der Waals surface area (Å²) in [5, 5.41) is 1.73. The molecule has 0 bridgehead atoms. The van der Waals surface area contributed by atoms with Gasteiger partial charge in [-0.25, -0.2) is 0 Å². The topological polar surface area (TPSA) is 38.9 Å². The number of rotatable bonds is 3. The van der Waals surface area contributed by atoms with E-state index in [1.165, 1.54) is 6.07 Å². The first-order chi connectivity index (χ1) is 11.7. The van der Waals surface area contributed by atoms with Gasteiger partial charge in [0.25, 0.3) is 0 Å². The van der Waals surface area contributed by atoms with Gasteiger partial charge in [0, 0.05) is 23.3 Å². The van der Waals surface area contributed by atoms with Crippen molar-refractivity contribution in [3.8, 4) is 0 Å². The predicted molar refractivity (Wildman–Crippen MR) is 94.9 cm³/mol. The molecule has 0 aliphatic heterocycles. The van der Waals surface area contributed by atoms with E-state index in [0.29, 0.717) is 17.7 Å². The second-order valence-corrected chi connectivity index (χ2v) is 6.40. The van der Waals surface area contributed by atoms with Crippen LogP contribution in [0.25, 0.3) is 11.3 Å². The molecule has 2 aromatic rings. The summed E-state index contributed by atoms with van der Waals surface area (Å²) in [7, 11) is 0. The molecule has 0 unspecified atom stereocenters. The highest BCUT2D eigenvalue weighted by atomic mass is 19.4. The summed E-state index contributed by atoms with van der Waals surface area (Å²) in [6.45, 7) is 7.72. The normalized spacial score (nSPS) is 14.6. The number of benzene rings is 1. The molecule has 0 saturated carbocycles. The van der Waals surface area contributed by atoms with E-state index in [0.717, 1.165) is 27.6 Å². The lowest BCUT2D eigenvalue weighted by Gasteiger charge is -2.18. The third-order valence-corrected chi connectivity index (χ3v) is 4.22. The molecule has 2 nitrogen and oxygen atoms in total. The van der Waals surface area contributed by atoms with Gasteiger partial charge in [0.15, 0.2) is 0 Å². The van der Waals surface area contributed by atoms with Crippen molar-refractivity contribution in [2.75, 3.05) is 0 Å². The first-order valence-electron chi connectivity index (χ1n) is 8.27. The number of aryl methyl sites for hydroxylation is 1. The number of nitrogens with zero attached hydrogens (tertiary/aromatic N) is 1. The third-order valence-electron chi connectivity index (χ3n) is 4.22. The summed E-state index contributed by atoms with van der Waals surface area (Å²) >= 11 is 0. The number of hydrogen-bond acceptors (Lipinski definition) is 2. The molecule has 1 aromatic carbocycles. The molecule has 1 heterocycles. The lowest BCUT2D eigenvalue weighted by Crippen LogP contribution is -2.33. The van der Waals surface area contributed by atoms with Crippen LogP contribution in [0.15, 0.2) is 36.7 Å². The van der Waals surface area contributed by atoms with Crippen LogP contribution in [0.5, 0.6) is 0 Å². The Labute approximate surface area is 145 Å². The second-order valence-electron chi connectivity index (χ2n) is 6.40. The van der Waals surface area contributed by atoms with Crippen LogP contribution < -0.4 is 16.2 Å². The van der Waals surface area contributed by atoms with Gasteiger partial charge in [0.2, 0.25) is 0 Å². The Balaban J connectivity index is 2.91. The van der Waals surface area contributed by atoms with Crippen LogP contribution in [0.2, 0.25) is 0 Å². The molecule has 0 saturated heterocycles. The van der Waals surface area contributed by atoms with Crippen LogP contribution in [0.1, 0.15) is 44.4 Å². The molecule has 5 heteroatoms. The van der Waals surface area contributed by atoms with Crippen molar-refractivity contribution in [3.63, 3.8) is 0 Å². The Kier molecular flexibility index (Phi) is 5.55. The fraction of sp³-hybridized carbons (Fsp3) is 0.350. The summed E-state index contributed by atoms with van der Waals surface area (Å²) in [6, 6.07) is 5.85. The van der Waals surface area contributed by atoms with Gasteiger partial charge in [-0.2, -0.15) is 13.2 Å². The molecule has 0 amide bonds. The quantitative estimate of drug-likeness (QED) is 0.920. The summed E-state index contributed by atoms with van der Waals surface area (Å²) in [4.78, 5) is 4.13. The highest BCUT2D eigenvalue weighted by molar-refractivity contribution is 5.70. The van der Waals surface area contributed by atoms with E-state index in [2.05, 4.69) is 4.98 Å². The zero-order chi connectivity index (χ0) is 18.8. The Hall–Kier alpha value is -2.30. The average molecular weight is 348 g/mol. The predicted octanol–water partition coefficient (Wildman–Crippen LogP) is 3.60. The van der Waals surface area contributed by atoms with E-state index in [1.807, 2.05) is 26.8 Å². The molecular formula is C20H23F3N2. The largest absolute Gasteiger partial charge is 0.416 e. The Bertz CT molecular complexity index is 877. The van der Waals surface area contributed by atoms with Crippen molar-refractivity contribution in [2.45, 2.75) is 40.3 Å². The van der Waals surface area contributed by atoms with Crippen LogP contribution >= 0.6 is 0 Å². The molecule has 0 aliphatic carbocycles. The summed E-state index contributed by atoms with van der Waals surface area (Å²) in [5.74, 6) is 0.113. The molecule has 0 atom stereocenters. The fourth-order valence-corrected chi connectivity index (χ4v) is 3.04. The van der Waals surface area contributed by atoms with E-state index in [-0.39, 0.29) is 5.92 Å². The Morgan fingerprint density at radius 3 is 2.36 bits per heavy atom. The molecule has 134 valence electrons. The van der Waals surface area contributed by atoms with Crippen molar-refractivity contribution in [1.29, 1.82) is 0 Å². The minimum absolute atomic E-state index is 0.113. The molecule has 0 aliphatic rings. The lowest BCUT2D eigenvalue weighted by molar-refractivity contribution is -0.137. The summed E-state index contributed by atoms with van der Waals surface area (Å²) in [6.07, 6.45) is -0.451. The molecule has 1 aromatic heterocycles. The van der Waals surface area contributed by atoms with Gasteiger partial charge in [-0.1, -0.05) is 26.8 Å². The zero-order valence-corrected chi connectivity index (χ0v) is 14.9. The SMILES string of the molecule is CCc1cc(C(F)(F)F)ccc1/C(=c1\ccnc\c1=C(\C)N)C(C)C. The van der Waals surface area contributed by atoms with E-state index >= 15 is 0 Å². The molecule has 2 N–H and O–H groups in total. The van der Waals surface area contributed by atoms with Gasteiger partial charge in [0.1, 0.15) is 0 Å².